The van der Waals surface area contributed by atoms with E-state index < -0.39 is 0 Å². The number of hydrogen-bond donors (Lipinski definition) is 1. The molecular formula is C16H18N2OS. The van der Waals surface area contributed by atoms with Crippen molar-refractivity contribution in [2.24, 2.45) is 11.8 Å². The molecule has 3 nitrogen and oxygen atoms in total. The normalized spacial score (nSPS) is 24.6. The monoisotopic (exact) mass is 286 g/mol. The number of aromatic hydroxyl groups is 1. The van der Waals surface area contributed by atoms with Gasteiger partial charge in [-0.3, -0.25) is 0 Å². The highest BCUT2D eigenvalue weighted by atomic mass is 32.1. The van der Waals surface area contributed by atoms with Crippen LogP contribution in [0.25, 0.3) is 11.3 Å². The van der Waals surface area contributed by atoms with Crippen LogP contribution in [0.1, 0.15) is 18.4 Å². The van der Waals surface area contributed by atoms with Gasteiger partial charge in [-0.1, -0.05) is 11.6 Å². The van der Waals surface area contributed by atoms with E-state index in [4.69, 9.17) is 4.98 Å². The van der Waals surface area contributed by atoms with Crippen molar-refractivity contribution in [3.63, 3.8) is 0 Å². The number of benzene rings is 1. The number of anilines is 1. The molecule has 2 aromatic rings. The number of phenols is 1. The lowest BCUT2D eigenvalue weighted by Gasteiger charge is -2.47. The van der Waals surface area contributed by atoms with Crippen LogP contribution in [-0.2, 0) is 0 Å². The van der Waals surface area contributed by atoms with Gasteiger partial charge in [0.2, 0.25) is 0 Å². The van der Waals surface area contributed by atoms with E-state index in [-0.39, 0.29) is 0 Å². The van der Waals surface area contributed by atoms with Gasteiger partial charge in [-0.2, -0.15) is 0 Å². The van der Waals surface area contributed by atoms with Gasteiger partial charge in [0, 0.05) is 24.0 Å². The minimum Gasteiger partial charge on any atom is -0.507 e. The molecule has 2 saturated heterocycles. The van der Waals surface area contributed by atoms with Crippen LogP contribution < -0.4 is 4.90 Å². The van der Waals surface area contributed by atoms with E-state index in [1.54, 1.807) is 17.4 Å². The molecule has 0 amide bonds. The lowest BCUT2D eigenvalue weighted by molar-refractivity contribution is 0.159. The average molecular weight is 286 g/mol. The van der Waals surface area contributed by atoms with Crippen molar-refractivity contribution < 1.29 is 5.11 Å². The Morgan fingerprint density at radius 3 is 2.75 bits per heavy atom. The molecule has 1 aliphatic carbocycles. The summed E-state index contributed by atoms with van der Waals surface area (Å²) < 4.78 is 0. The van der Waals surface area contributed by atoms with Gasteiger partial charge in [0.15, 0.2) is 5.13 Å². The van der Waals surface area contributed by atoms with Crippen LogP contribution in [0.2, 0.25) is 0 Å². The van der Waals surface area contributed by atoms with Crippen molar-refractivity contribution in [1.29, 1.82) is 0 Å². The van der Waals surface area contributed by atoms with Gasteiger partial charge >= 0.3 is 0 Å². The number of nitrogens with zero attached hydrogens (tertiary/aromatic N) is 2. The summed E-state index contributed by atoms with van der Waals surface area (Å²) in [5, 5.41) is 13.2. The number of hydrogen-bond acceptors (Lipinski definition) is 4. The van der Waals surface area contributed by atoms with Crippen molar-refractivity contribution in [2.45, 2.75) is 19.8 Å². The number of fused-ring (bicyclic) bond motifs is 2. The van der Waals surface area contributed by atoms with Gasteiger partial charge in [-0.05, 0) is 43.7 Å². The van der Waals surface area contributed by atoms with E-state index in [1.165, 1.54) is 12.8 Å². The summed E-state index contributed by atoms with van der Waals surface area (Å²) in [5.74, 6) is 2.08. The Morgan fingerprint density at radius 1 is 1.25 bits per heavy atom. The largest absolute Gasteiger partial charge is 0.507 e. The van der Waals surface area contributed by atoms with E-state index in [0.717, 1.165) is 46.9 Å². The van der Waals surface area contributed by atoms with Gasteiger partial charge < -0.3 is 10.0 Å². The first-order chi connectivity index (χ1) is 9.69. The number of rotatable bonds is 2. The molecule has 20 heavy (non-hydrogen) atoms. The Labute approximate surface area is 122 Å². The molecule has 0 spiro atoms. The highest BCUT2D eigenvalue weighted by Crippen LogP contribution is 2.42. The molecule has 3 fully saturated rings. The quantitative estimate of drug-likeness (QED) is 0.915. The second-order valence-corrected chi connectivity index (χ2v) is 6.98. The molecule has 4 heteroatoms. The molecule has 3 aliphatic rings. The topological polar surface area (TPSA) is 36.4 Å². The fourth-order valence-corrected chi connectivity index (χ4v) is 4.26. The van der Waals surface area contributed by atoms with Crippen molar-refractivity contribution >= 4 is 16.5 Å². The van der Waals surface area contributed by atoms with Crippen molar-refractivity contribution in [3.8, 4) is 17.0 Å². The van der Waals surface area contributed by atoms with E-state index in [0.29, 0.717) is 5.75 Å². The van der Waals surface area contributed by atoms with Crippen LogP contribution in [-0.4, -0.2) is 23.2 Å². The molecule has 5 rings (SSSR count). The fraction of sp³-hybridized carbons (Fsp3) is 0.438. The SMILES string of the molecule is Cc1ccc(O)c(-c2csc(N3CC4CC(C4)C3)n2)c1. The maximum absolute atomic E-state index is 10.0. The van der Waals surface area contributed by atoms with Crippen LogP contribution in [0, 0.1) is 18.8 Å². The number of piperidine rings is 2. The predicted octanol–water partition coefficient (Wildman–Crippen LogP) is 3.67. The third-order valence-electron chi connectivity index (χ3n) is 4.48. The van der Waals surface area contributed by atoms with E-state index in [9.17, 15) is 5.11 Å². The lowest BCUT2D eigenvalue weighted by atomic mass is 9.71. The first-order valence-electron chi connectivity index (χ1n) is 7.19. The van der Waals surface area contributed by atoms with Crippen LogP contribution in [0.15, 0.2) is 23.6 Å². The zero-order valence-electron chi connectivity index (χ0n) is 11.5. The average Bonchev–Trinajstić information content (AvgIpc) is 2.90. The van der Waals surface area contributed by atoms with Gasteiger partial charge in [-0.15, -0.1) is 11.3 Å². The third-order valence-corrected chi connectivity index (χ3v) is 5.38. The minimum atomic E-state index is 0.314. The highest BCUT2D eigenvalue weighted by Gasteiger charge is 2.37. The van der Waals surface area contributed by atoms with Crippen LogP contribution in [0.5, 0.6) is 5.75 Å². The number of thiazole rings is 1. The number of phenolic OH excluding ortho intramolecular Hbond substituents is 1. The zero-order valence-corrected chi connectivity index (χ0v) is 12.4. The maximum Gasteiger partial charge on any atom is 0.185 e. The van der Waals surface area contributed by atoms with Crippen LogP contribution >= 0.6 is 11.3 Å². The summed E-state index contributed by atoms with van der Waals surface area (Å²) in [7, 11) is 0. The van der Waals surface area contributed by atoms with Gasteiger partial charge in [0.05, 0.1) is 5.69 Å². The van der Waals surface area contributed by atoms with Gasteiger partial charge in [0.1, 0.15) is 5.75 Å². The second kappa shape index (κ2) is 4.48. The first kappa shape index (κ1) is 12.2. The summed E-state index contributed by atoms with van der Waals surface area (Å²) in [6.07, 6.45) is 2.82. The fourth-order valence-electron chi connectivity index (χ4n) is 3.41. The highest BCUT2D eigenvalue weighted by molar-refractivity contribution is 7.14. The summed E-state index contributed by atoms with van der Waals surface area (Å²) in [4.78, 5) is 7.17. The standard InChI is InChI=1S/C16H18N2OS/c1-10-2-3-15(19)13(4-10)14-9-20-16(17-14)18-7-11-5-12(6-11)8-18/h2-4,9,11-12,19H,5-8H2,1H3. The lowest BCUT2D eigenvalue weighted by Crippen LogP contribution is -2.48. The minimum absolute atomic E-state index is 0.314. The van der Waals surface area contributed by atoms with Crippen molar-refractivity contribution in [3.05, 3.63) is 29.1 Å². The molecule has 2 bridgehead atoms. The molecule has 3 heterocycles. The maximum atomic E-state index is 10.0. The summed E-state index contributed by atoms with van der Waals surface area (Å²) in [6.45, 7) is 4.35. The Morgan fingerprint density at radius 2 is 2.00 bits per heavy atom. The summed E-state index contributed by atoms with van der Waals surface area (Å²) in [6, 6.07) is 5.67. The summed E-state index contributed by atoms with van der Waals surface area (Å²) in [5.41, 5.74) is 2.88. The molecule has 1 aromatic heterocycles. The molecule has 0 atom stereocenters. The summed E-state index contributed by atoms with van der Waals surface area (Å²) >= 11 is 1.69. The van der Waals surface area contributed by atoms with Crippen molar-refractivity contribution in [1.82, 2.24) is 4.98 Å². The van der Waals surface area contributed by atoms with Gasteiger partial charge in [0.25, 0.3) is 0 Å². The van der Waals surface area contributed by atoms with E-state index in [2.05, 4.69) is 10.3 Å². The molecule has 1 N–H and O–H groups in total. The molecule has 1 saturated carbocycles. The number of aryl methyl sites for hydroxylation is 1. The van der Waals surface area contributed by atoms with E-state index >= 15 is 0 Å². The second-order valence-electron chi connectivity index (χ2n) is 6.14. The Bertz CT molecular complexity index is 636. The van der Waals surface area contributed by atoms with Crippen LogP contribution in [0.3, 0.4) is 0 Å². The van der Waals surface area contributed by atoms with Gasteiger partial charge in [-0.25, -0.2) is 4.98 Å². The number of aromatic nitrogens is 1. The first-order valence-corrected chi connectivity index (χ1v) is 8.07. The molecule has 1 aromatic carbocycles. The molecular weight excluding hydrogens is 268 g/mol. The zero-order chi connectivity index (χ0) is 13.7. The smallest absolute Gasteiger partial charge is 0.185 e. The Kier molecular flexibility index (Phi) is 2.74. The molecule has 0 radical (unpaired) electrons. The molecule has 104 valence electrons. The Balaban J connectivity index is 1.63. The third kappa shape index (κ3) is 1.99. The van der Waals surface area contributed by atoms with Crippen LogP contribution in [0.4, 0.5) is 5.13 Å². The molecule has 2 aliphatic heterocycles. The molecule has 0 unspecified atom stereocenters. The predicted molar refractivity (Wildman–Crippen MR) is 82.4 cm³/mol. The Hall–Kier alpha value is -1.55. The van der Waals surface area contributed by atoms with E-state index in [1.807, 2.05) is 19.1 Å². The van der Waals surface area contributed by atoms with Crippen molar-refractivity contribution in [2.75, 3.05) is 18.0 Å².